The summed E-state index contributed by atoms with van der Waals surface area (Å²) in [5.41, 5.74) is 1.81. The van der Waals surface area contributed by atoms with Crippen LogP contribution in [-0.4, -0.2) is 6.67 Å². The van der Waals surface area contributed by atoms with Gasteiger partial charge in [-0.15, -0.1) is 0 Å². The van der Waals surface area contributed by atoms with Crippen LogP contribution in [0.25, 0.3) is 0 Å². The maximum absolute atomic E-state index is 12.0. The van der Waals surface area contributed by atoms with Crippen LogP contribution in [0.5, 0.6) is 0 Å². The molecule has 0 heterocycles. The topological polar surface area (TPSA) is 0 Å². The SMILES string of the molecule is C=C1CCCC=C1CF. The number of halogens is 1. The average Bonchev–Trinajstić information content (AvgIpc) is 1.89. The summed E-state index contributed by atoms with van der Waals surface area (Å²) in [4.78, 5) is 0. The van der Waals surface area contributed by atoms with E-state index in [2.05, 4.69) is 6.58 Å². The van der Waals surface area contributed by atoms with Gasteiger partial charge in [0.1, 0.15) is 6.67 Å². The van der Waals surface area contributed by atoms with Crippen molar-refractivity contribution in [2.24, 2.45) is 0 Å². The second-order valence-corrected chi connectivity index (χ2v) is 2.36. The van der Waals surface area contributed by atoms with Crippen LogP contribution in [0.15, 0.2) is 23.8 Å². The van der Waals surface area contributed by atoms with Gasteiger partial charge in [0.15, 0.2) is 0 Å². The predicted molar refractivity (Wildman–Crippen MR) is 37.0 cm³/mol. The molecule has 0 aliphatic heterocycles. The molecule has 50 valence electrons. The summed E-state index contributed by atoms with van der Waals surface area (Å²) < 4.78 is 12.0. The first kappa shape index (κ1) is 6.53. The Morgan fingerprint density at radius 3 is 2.89 bits per heavy atom. The van der Waals surface area contributed by atoms with Crippen molar-refractivity contribution < 1.29 is 4.39 Å². The Morgan fingerprint density at radius 1 is 1.67 bits per heavy atom. The molecule has 0 saturated heterocycles. The molecule has 0 fully saturated rings. The standard InChI is InChI=1S/C8H11F/c1-7-4-2-3-5-8(7)6-9/h5H,1-4,6H2. The van der Waals surface area contributed by atoms with Crippen molar-refractivity contribution in [3.05, 3.63) is 23.8 Å². The molecule has 0 nitrogen and oxygen atoms in total. The molecule has 0 aromatic carbocycles. The molecule has 0 N–H and O–H groups in total. The summed E-state index contributed by atoms with van der Waals surface area (Å²) in [6.45, 7) is 3.42. The van der Waals surface area contributed by atoms with Crippen molar-refractivity contribution in [2.75, 3.05) is 6.67 Å². The van der Waals surface area contributed by atoms with Crippen LogP contribution in [-0.2, 0) is 0 Å². The van der Waals surface area contributed by atoms with E-state index < -0.39 is 0 Å². The van der Waals surface area contributed by atoms with Crippen molar-refractivity contribution in [2.45, 2.75) is 19.3 Å². The van der Waals surface area contributed by atoms with Gasteiger partial charge in [-0.25, -0.2) is 4.39 Å². The third-order valence-electron chi connectivity index (χ3n) is 1.67. The van der Waals surface area contributed by atoms with Crippen LogP contribution in [0, 0.1) is 0 Å². The Morgan fingerprint density at radius 2 is 2.44 bits per heavy atom. The van der Waals surface area contributed by atoms with Crippen LogP contribution < -0.4 is 0 Å². The monoisotopic (exact) mass is 126 g/mol. The summed E-state index contributed by atoms with van der Waals surface area (Å²) in [5, 5.41) is 0. The summed E-state index contributed by atoms with van der Waals surface area (Å²) in [6, 6.07) is 0. The van der Waals surface area contributed by atoms with E-state index in [-0.39, 0.29) is 6.67 Å². The molecule has 0 aromatic heterocycles. The third kappa shape index (κ3) is 1.41. The Balaban J connectivity index is 2.64. The summed E-state index contributed by atoms with van der Waals surface area (Å²) in [7, 11) is 0. The molecule has 1 heteroatoms. The third-order valence-corrected chi connectivity index (χ3v) is 1.67. The Bertz CT molecular complexity index is 145. The van der Waals surface area contributed by atoms with Crippen molar-refractivity contribution in [1.29, 1.82) is 0 Å². The molecule has 1 rings (SSSR count). The van der Waals surface area contributed by atoms with Crippen LogP contribution in [0.1, 0.15) is 19.3 Å². The number of hydrogen-bond acceptors (Lipinski definition) is 0. The smallest absolute Gasteiger partial charge is 0.114 e. The highest BCUT2D eigenvalue weighted by Crippen LogP contribution is 2.21. The van der Waals surface area contributed by atoms with Gasteiger partial charge in [-0.1, -0.05) is 12.7 Å². The van der Waals surface area contributed by atoms with E-state index in [0.29, 0.717) is 0 Å². The lowest BCUT2D eigenvalue weighted by atomic mass is 9.96. The normalized spacial score (nSPS) is 19.7. The maximum Gasteiger partial charge on any atom is 0.114 e. The van der Waals surface area contributed by atoms with E-state index in [0.717, 1.165) is 30.4 Å². The first-order valence-electron chi connectivity index (χ1n) is 3.27. The van der Waals surface area contributed by atoms with Crippen molar-refractivity contribution in [1.82, 2.24) is 0 Å². The fourth-order valence-corrected chi connectivity index (χ4v) is 1.05. The molecule has 0 radical (unpaired) electrons. The summed E-state index contributed by atoms with van der Waals surface area (Å²) in [6.07, 6.45) is 5.10. The zero-order chi connectivity index (χ0) is 6.69. The van der Waals surface area contributed by atoms with Crippen LogP contribution >= 0.6 is 0 Å². The second-order valence-electron chi connectivity index (χ2n) is 2.36. The Kier molecular flexibility index (Phi) is 2.04. The highest BCUT2D eigenvalue weighted by molar-refractivity contribution is 5.30. The summed E-state index contributed by atoms with van der Waals surface area (Å²) >= 11 is 0. The van der Waals surface area contributed by atoms with E-state index in [4.69, 9.17) is 0 Å². The zero-order valence-electron chi connectivity index (χ0n) is 5.49. The van der Waals surface area contributed by atoms with Crippen molar-refractivity contribution in [3.8, 4) is 0 Å². The fraction of sp³-hybridized carbons (Fsp3) is 0.500. The lowest BCUT2D eigenvalue weighted by molar-refractivity contribution is 0.538. The maximum atomic E-state index is 12.0. The van der Waals surface area contributed by atoms with Crippen LogP contribution in [0.4, 0.5) is 4.39 Å². The van der Waals surface area contributed by atoms with Gasteiger partial charge in [-0.3, -0.25) is 0 Å². The molecule has 0 amide bonds. The van der Waals surface area contributed by atoms with E-state index in [1.807, 2.05) is 6.08 Å². The molecule has 0 spiro atoms. The fourth-order valence-electron chi connectivity index (χ4n) is 1.05. The lowest BCUT2D eigenvalue weighted by Gasteiger charge is -2.11. The number of rotatable bonds is 1. The largest absolute Gasteiger partial charge is 0.246 e. The zero-order valence-corrected chi connectivity index (χ0v) is 5.49. The van der Waals surface area contributed by atoms with Gasteiger partial charge in [0, 0.05) is 0 Å². The molecule has 1 aliphatic carbocycles. The average molecular weight is 126 g/mol. The highest BCUT2D eigenvalue weighted by Gasteiger charge is 2.05. The highest BCUT2D eigenvalue weighted by atomic mass is 19.1. The predicted octanol–water partition coefficient (Wildman–Crippen LogP) is 2.62. The number of allylic oxidation sites excluding steroid dienone is 3. The quantitative estimate of drug-likeness (QED) is 0.506. The van der Waals surface area contributed by atoms with Crippen LogP contribution in [0.2, 0.25) is 0 Å². The van der Waals surface area contributed by atoms with Gasteiger partial charge in [-0.2, -0.15) is 0 Å². The van der Waals surface area contributed by atoms with Gasteiger partial charge < -0.3 is 0 Å². The molecule has 0 bridgehead atoms. The molecular weight excluding hydrogens is 115 g/mol. The minimum Gasteiger partial charge on any atom is -0.246 e. The molecule has 0 aromatic rings. The first-order chi connectivity index (χ1) is 4.34. The number of hydrogen-bond donors (Lipinski definition) is 0. The summed E-state index contributed by atoms with van der Waals surface area (Å²) in [5.74, 6) is 0. The minimum absolute atomic E-state index is 0.334. The Hall–Kier alpha value is -0.590. The molecule has 0 saturated carbocycles. The molecule has 0 atom stereocenters. The molecular formula is C8H11F. The second kappa shape index (κ2) is 2.81. The van der Waals surface area contributed by atoms with E-state index in [1.54, 1.807) is 0 Å². The minimum atomic E-state index is -0.334. The van der Waals surface area contributed by atoms with Gasteiger partial charge in [0.2, 0.25) is 0 Å². The molecule has 1 aliphatic rings. The molecule has 9 heavy (non-hydrogen) atoms. The van der Waals surface area contributed by atoms with Gasteiger partial charge >= 0.3 is 0 Å². The van der Waals surface area contributed by atoms with Crippen molar-refractivity contribution >= 4 is 0 Å². The Labute approximate surface area is 55.1 Å². The lowest BCUT2D eigenvalue weighted by Crippen LogP contribution is -1.96. The van der Waals surface area contributed by atoms with E-state index in [1.165, 1.54) is 0 Å². The van der Waals surface area contributed by atoms with Crippen LogP contribution in [0.3, 0.4) is 0 Å². The van der Waals surface area contributed by atoms with Gasteiger partial charge in [0.05, 0.1) is 0 Å². The van der Waals surface area contributed by atoms with Crippen molar-refractivity contribution in [3.63, 3.8) is 0 Å². The first-order valence-corrected chi connectivity index (χ1v) is 3.27. The van der Waals surface area contributed by atoms with E-state index >= 15 is 0 Å². The van der Waals surface area contributed by atoms with E-state index in [9.17, 15) is 4.39 Å². The molecule has 0 unspecified atom stereocenters. The number of alkyl halides is 1. The van der Waals surface area contributed by atoms with Gasteiger partial charge in [0.25, 0.3) is 0 Å². The van der Waals surface area contributed by atoms with Gasteiger partial charge in [-0.05, 0) is 30.4 Å².